The van der Waals surface area contributed by atoms with Gasteiger partial charge in [-0.3, -0.25) is 9.69 Å². The largest absolute Gasteiger partial charge is 0.484 e. The zero-order valence-corrected chi connectivity index (χ0v) is 14.6. The van der Waals surface area contributed by atoms with Gasteiger partial charge in [0.2, 0.25) is 5.89 Å². The number of primary amides is 1. The van der Waals surface area contributed by atoms with E-state index in [0.717, 1.165) is 37.3 Å². The average Bonchev–Trinajstić information content (AvgIpc) is 3.22. The van der Waals surface area contributed by atoms with Crippen molar-refractivity contribution in [3.05, 3.63) is 41.5 Å². The molecule has 7 nitrogen and oxygen atoms in total. The molecule has 1 aromatic carbocycles. The normalized spacial score (nSPS) is 18.0. The number of amides is 1. The van der Waals surface area contributed by atoms with Crippen molar-refractivity contribution in [2.45, 2.75) is 45.2 Å². The van der Waals surface area contributed by atoms with Crippen LogP contribution in [0.1, 0.15) is 55.9 Å². The molecule has 25 heavy (non-hydrogen) atoms. The van der Waals surface area contributed by atoms with Crippen LogP contribution in [-0.4, -0.2) is 34.1 Å². The lowest BCUT2D eigenvalue weighted by atomic mass is 10.1. The third kappa shape index (κ3) is 4.36. The maximum Gasteiger partial charge on any atom is 0.255 e. The number of benzene rings is 1. The molecule has 1 fully saturated rings. The quantitative estimate of drug-likeness (QED) is 0.829. The topological polar surface area (TPSA) is 94.5 Å². The van der Waals surface area contributed by atoms with Crippen LogP contribution >= 0.6 is 0 Å². The number of hydrogen-bond donors (Lipinski definition) is 1. The molecule has 7 heteroatoms. The predicted octanol–water partition coefficient (Wildman–Crippen LogP) is 2.39. The monoisotopic (exact) mass is 344 g/mol. The Morgan fingerprint density at radius 2 is 2.32 bits per heavy atom. The van der Waals surface area contributed by atoms with Crippen molar-refractivity contribution in [1.82, 2.24) is 15.0 Å². The van der Waals surface area contributed by atoms with Crippen molar-refractivity contribution in [2.24, 2.45) is 5.73 Å². The van der Waals surface area contributed by atoms with E-state index < -0.39 is 5.91 Å². The molecule has 3 rings (SSSR count). The molecule has 0 unspecified atom stereocenters. The minimum Gasteiger partial charge on any atom is -0.484 e. The van der Waals surface area contributed by atoms with Gasteiger partial charge in [-0.05, 0) is 37.1 Å². The highest BCUT2D eigenvalue weighted by Gasteiger charge is 2.30. The molecule has 1 atom stereocenters. The second-order valence-corrected chi connectivity index (χ2v) is 6.68. The maximum absolute atomic E-state index is 10.9. The molecule has 0 radical (unpaired) electrons. The lowest BCUT2D eigenvalue weighted by Crippen LogP contribution is -2.23. The lowest BCUT2D eigenvalue weighted by Gasteiger charge is -2.22. The Hall–Kier alpha value is -2.41. The number of nitrogens with zero attached hydrogens (tertiary/aromatic N) is 3. The highest BCUT2D eigenvalue weighted by Crippen LogP contribution is 2.32. The standard InChI is InChI=1S/C18H24N4O3/c1-12(2)18-20-17(21-25-18)15-7-4-8-22(15)10-13-5-3-6-14(9-13)24-11-16(19)23/h3,5-6,9,12,15H,4,7-8,10-11H2,1-2H3,(H2,19,23)/t15-/m0/s1. The van der Waals surface area contributed by atoms with E-state index in [2.05, 4.69) is 15.0 Å². The molecule has 1 aliphatic heterocycles. The number of hydrogen-bond acceptors (Lipinski definition) is 6. The van der Waals surface area contributed by atoms with Gasteiger partial charge in [-0.25, -0.2) is 0 Å². The average molecular weight is 344 g/mol. The van der Waals surface area contributed by atoms with Gasteiger partial charge in [0.15, 0.2) is 12.4 Å². The van der Waals surface area contributed by atoms with Crippen molar-refractivity contribution in [2.75, 3.05) is 13.2 Å². The molecule has 2 aromatic rings. The summed E-state index contributed by atoms with van der Waals surface area (Å²) in [5.41, 5.74) is 6.23. The third-order valence-electron chi connectivity index (χ3n) is 4.28. The lowest BCUT2D eigenvalue weighted by molar-refractivity contribution is -0.119. The van der Waals surface area contributed by atoms with Crippen LogP contribution in [0.4, 0.5) is 0 Å². The zero-order valence-electron chi connectivity index (χ0n) is 14.6. The Morgan fingerprint density at radius 3 is 3.04 bits per heavy atom. The Kier molecular flexibility index (Phi) is 5.33. The van der Waals surface area contributed by atoms with Crippen LogP contribution < -0.4 is 10.5 Å². The van der Waals surface area contributed by atoms with Crippen LogP contribution in [0.25, 0.3) is 0 Å². The highest BCUT2D eigenvalue weighted by atomic mass is 16.5. The first-order valence-electron chi connectivity index (χ1n) is 8.60. The summed E-state index contributed by atoms with van der Waals surface area (Å²) in [7, 11) is 0. The summed E-state index contributed by atoms with van der Waals surface area (Å²) in [5.74, 6) is 1.85. The number of ether oxygens (including phenoxy) is 1. The summed E-state index contributed by atoms with van der Waals surface area (Å²) in [4.78, 5) is 17.8. The summed E-state index contributed by atoms with van der Waals surface area (Å²) in [6.07, 6.45) is 2.13. The van der Waals surface area contributed by atoms with Crippen molar-refractivity contribution >= 4 is 5.91 Å². The first-order valence-corrected chi connectivity index (χ1v) is 8.60. The molecule has 0 spiro atoms. The third-order valence-corrected chi connectivity index (χ3v) is 4.28. The van der Waals surface area contributed by atoms with Gasteiger partial charge < -0.3 is 15.0 Å². The summed E-state index contributed by atoms with van der Waals surface area (Å²) in [6, 6.07) is 7.90. The highest BCUT2D eigenvalue weighted by molar-refractivity contribution is 5.75. The molecule has 134 valence electrons. The van der Waals surface area contributed by atoms with Gasteiger partial charge in [0.25, 0.3) is 5.91 Å². The first-order chi connectivity index (χ1) is 12.0. The van der Waals surface area contributed by atoms with E-state index in [4.69, 9.17) is 15.0 Å². The fourth-order valence-corrected chi connectivity index (χ4v) is 3.05. The smallest absolute Gasteiger partial charge is 0.255 e. The summed E-state index contributed by atoms with van der Waals surface area (Å²) in [5, 5.41) is 4.17. The number of rotatable bonds is 7. The molecule has 1 aliphatic rings. The molecule has 1 aromatic heterocycles. The van der Waals surface area contributed by atoms with E-state index in [0.29, 0.717) is 11.6 Å². The fourth-order valence-electron chi connectivity index (χ4n) is 3.05. The Labute approximate surface area is 147 Å². The zero-order chi connectivity index (χ0) is 17.8. The van der Waals surface area contributed by atoms with Crippen molar-refractivity contribution in [3.63, 3.8) is 0 Å². The van der Waals surface area contributed by atoms with E-state index in [1.807, 2.05) is 38.1 Å². The molecule has 1 saturated heterocycles. The van der Waals surface area contributed by atoms with Crippen LogP contribution in [0.5, 0.6) is 5.75 Å². The molecular weight excluding hydrogens is 320 g/mol. The minimum atomic E-state index is -0.483. The van der Waals surface area contributed by atoms with Gasteiger partial charge >= 0.3 is 0 Å². The number of aromatic nitrogens is 2. The van der Waals surface area contributed by atoms with Gasteiger partial charge in [0, 0.05) is 12.5 Å². The van der Waals surface area contributed by atoms with Gasteiger partial charge in [-0.1, -0.05) is 31.1 Å². The Morgan fingerprint density at radius 1 is 1.48 bits per heavy atom. The fraction of sp³-hybridized carbons (Fsp3) is 0.500. The van der Waals surface area contributed by atoms with Crippen molar-refractivity contribution in [1.29, 1.82) is 0 Å². The second kappa shape index (κ2) is 7.65. The molecule has 1 amide bonds. The van der Waals surface area contributed by atoms with Crippen LogP contribution in [0.15, 0.2) is 28.8 Å². The van der Waals surface area contributed by atoms with Gasteiger partial charge in [0.1, 0.15) is 5.75 Å². The van der Waals surface area contributed by atoms with E-state index in [9.17, 15) is 4.79 Å². The van der Waals surface area contributed by atoms with Crippen LogP contribution in [0.2, 0.25) is 0 Å². The van der Waals surface area contributed by atoms with Crippen molar-refractivity contribution < 1.29 is 14.1 Å². The molecule has 2 heterocycles. The second-order valence-electron chi connectivity index (χ2n) is 6.68. The van der Waals surface area contributed by atoms with Gasteiger partial charge in [-0.15, -0.1) is 0 Å². The molecule has 0 aliphatic carbocycles. The van der Waals surface area contributed by atoms with Gasteiger partial charge in [-0.2, -0.15) is 4.98 Å². The first kappa shape index (κ1) is 17.4. The van der Waals surface area contributed by atoms with Crippen LogP contribution in [0.3, 0.4) is 0 Å². The Bertz CT molecular complexity index is 729. The van der Waals surface area contributed by atoms with E-state index >= 15 is 0 Å². The Balaban J connectivity index is 1.68. The van der Waals surface area contributed by atoms with Crippen LogP contribution in [-0.2, 0) is 11.3 Å². The molecular formula is C18H24N4O3. The van der Waals surface area contributed by atoms with E-state index in [1.165, 1.54) is 0 Å². The molecule has 0 bridgehead atoms. The maximum atomic E-state index is 10.9. The van der Waals surface area contributed by atoms with Crippen LogP contribution in [0, 0.1) is 0 Å². The van der Waals surface area contributed by atoms with E-state index in [-0.39, 0.29) is 18.6 Å². The summed E-state index contributed by atoms with van der Waals surface area (Å²) < 4.78 is 10.7. The number of carbonyl (C=O) groups is 1. The number of nitrogens with two attached hydrogens (primary N) is 1. The summed E-state index contributed by atoms with van der Waals surface area (Å²) in [6.45, 7) is 5.73. The van der Waals surface area contributed by atoms with E-state index in [1.54, 1.807) is 0 Å². The number of carbonyl (C=O) groups excluding carboxylic acids is 1. The predicted molar refractivity (Wildman–Crippen MR) is 91.9 cm³/mol. The minimum absolute atomic E-state index is 0.114. The molecule has 2 N–H and O–H groups in total. The number of likely N-dealkylation sites (tertiary alicyclic amines) is 1. The summed E-state index contributed by atoms with van der Waals surface area (Å²) >= 11 is 0. The van der Waals surface area contributed by atoms with Gasteiger partial charge in [0.05, 0.1) is 6.04 Å². The molecule has 0 saturated carbocycles. The van der Waals surface area contributed by atoms with Crippen molar-refractivity contribution in [3.8, 4) is 5.75 Å². The SMILES string of the molecule is CC(C)c1nc([C@@H]2CCCN2Cc2cccc(OCC(N)=O)c2)no1.